The molecular formula is C19H20N2O4. The number of carbonyl (C=O) groups is 1. The average molecular weight is 340 g/mol. The van der Waals surface area contributed by atoms with E-state index in [9.17, 15) is 9.90 Å². The number of amides is 1. The maximum Gasteiger partial charge on any atom is 0.240 e. The van der Waals surface area contributed by atoms with Gasteiger partial charge in [-0.05, 0) is 24.3 Å². The van der Waals surface area contributed by atoms with Crippen LogP contribution < -0.4 is 9.47 Å². The maximum atomic E-state index is 12.1. The van der Waals surface area contributed by atoms with Crippen LogP contribution in [-0.2, 0) is 4.79 Å². The summed E-state index contributed by atoms with van der Waals surface area (Å²) in [6, 6.07) is 12.2. The normalized spacial score (nSPS) is 16.5. The highest BCUT2D eigenvalue weighted by Gasteiger charge is 2.34. The molecule has 0 saturated carbocycles. The zero-order valence-corrected chi connectivity index (χ0v) is 14.4. The Balaban J connectivity index is 2.01. The molecule has 1 atom stereocenters. The fourth-order valence-electron chi connectivity index (χ4n) is 3.02. The summed E-state index contributed by atoms with van der Waals surface area (Å²) in [5.74, 6) is 1.28. The van der Waals surface area contributed by atoms with Crippen molar-refractivity contribution in [2.75, 3.05) is 14.2 Å². The Kier molecular flexibility index (Phi) is 4.61. The quantitative estimate of drug-likeness (QED) is 0.928. The van der Waals surface area contributed by atoms with Crippen LogP contribution in [0, 0.1) is 0 Å². The number of hydrazone groups is 1. The van der Waals surface area contributed by atoms with E-state index in [0.717, 1.165) is 5.56 Å². The van der Waals surface area contributed by atoms with Crippen LogP contribution in [0.2, 0.25) is 0 Å². The highest BCUT2D eigenvalue weighted by molar-refractivity contribution is 6.05. The highest BCUT2D eigenvalue weighted by Crippen LogP contribution is 2.39. The molecule has 1 aliphatic heterocycles. The van der Waals surface area contributed by atoms with Crippen molar-refractivity contribution in [3.8, 4) is 17.2 Å². The summed E-state index contributed by atoms with van der Waals surface area (Å²) in [5.41, 5.74) is 2.13. The van der Waals surface area contributed by atoms with Crippen LogP contribution in [0.1, 0.15) is 30.5 Å². The maximum absolute atomic E-state index is 12.1. The van der Waals surface area contributed by atoms with Crippen LogP contribution in [0.5, 0.6) is 17.2 Å². The molecule has 2 aromatic carbocycles. The second-order valence-electron chi connectivity index (χ2n) is 5.76. The number of hydrogen-bond acceptors (Lipinski definition) is 5. The van der Waals surface area contributed by atoms with Crippen LogP contribution in [0.3, 0.4) is 0 Å². The SMILES string of the molecule is COc1ccc(C2CC(c3ccccc3O)=NN2C(C)=O)c(OC)c1. The van der Waals surface area contributed by atoms with E-state index in [-0.39, 0.29) is 17.7 Å². The number of hydrogen-bond donors (Lipinski definition) is 1. The summed E-state index contributed by atoms with van der Waals surface area (Å²) < 4.78 is 10.7. The van der Waals surface area contributed by atoms with E-state index in [1.807, 2.05) is 18.2 Å². The van der Waals surface area contributed by atoms with Crippen molar-refractivity contribution in [3.63, 3.8) is 0 Å². The third kappa shape index (κ3) is 3.15. The average Bonchev–Trinajstić information content (AvgIpc) is 3.06. The minimum atomic E-state index is -0.298. The summed E-state index contributed by atoms with van der Waals surface area (Å²) in [5, 5.41) is 16.0. The van der Waals surface area contributed by atoms with Crippen LogP contribution in [-0.4, -0.2) is 36.0 Å². The molecule has 130 valence electrons. The lowest BCUT2D eigenvalue weighted by Crippen LogP contribution is -2.24. The molecule has 1 unspecified atom stereocenters. The number of carbonyl (C=O) groups excluding carboxylic acids is 1. The molecule has 1 N–H and O–H groups in total. The smallest absolute Gasteiger partial charge is 0.240 e. The molecular weight excluding hydrogens is 320 g/mol. The molecule has 0 fully saturated rings. The first kappa shape index (κ1) is 16.8. The highest BCUT2D eigenvalue weighted by atomic mass is 16.5. The van der Waals surface area contributed by atoms with Crippen molar-refractivity contribution in [1.82, 2.24) is 5.01 Å². The van der Waals surface area contributed by atoms with Crippen LogP contribution in [0.15, 0.2) is 47.6 Å². The van der Waals surface area contributed by atoms with Crippen molar-refractivity contribution in [1.29, 1.82) is 0 Å². The van der Waals surface area contributed by atoms with E-state index in [0.29, 0.717) is 29.2 Å². The number of aromatic hydroxyl groups is 1. The van der Waals surface area contributed by atoms with Crippen molar-refractivity contribution in [2.24, 2.45) is 5.10 Å². The van der Waals surface area contributed by atoms with E-state index in [1.54, 1.807) is 38.5 Å². The van der Waals surface area contributed by atoms with Crippen molar-refractivity contribution in [3.05, 3.63) is 53.6 Å². The van der Waals surface area contributed by atoms with Gasteiger partial charge in [0.15, 0.2) is 0 Å². The molecule has 1 amide bonds. The van der Waals surface area contributed by atoms with Gasteiger partial charge in [-0.25, -0.2) is 5.01 Å². The van der Waals surface area contributed by atoms with Gasteiger partial charge in [0, 0.05) is 30.5 Å². The fourth-order valence-corrected chi connectivity index (χ4v) is 3.02. The van der Waals surface area contributed by atoms with E-state index >= 15 is 0 Å². The first-order chi connectivity index (χ1) is 12.0. The minimum absolute atomic E-state index is 0.145. The molecule has 2 aromatic rings. The van der Waals surface area contributed by atoms with Gasteiger partial charge in [-0.15, -0.1) is 0 Å². The zero-order valence-electron chi connectivity index (χ0n) is 14.4. The van der Waals surface area contributed by atoms with Gasteiger partial charge in [0.05, 0.1) is 26.0 Å². The summed E-state index contributed by atoms with van der Waals surface area (Å²) in [6.07, 6.45) is 0.486. The Hall–Kier alpha value is -3.02. The monoisotopic (exact) mass is 340 g/mol. The van der Waals surface area contributed by atoms with Crippen molar-refractivity contribution < 1.29 is 19.4 Å². The van der Waals surface area contributed by atoms with Crippen molar-refractivity contribution >= 4 is 11.6 Å². The predicted octanol–water partition coefficient (Wildman–Crippen LogP) is 3.11. The number of nitrogens with zero attached hydrogens (tertiary/aromatic N) is 2. The Morgan fingerprint density at radius 1 is 1.20 bits per heavy atom. The molecule has 25 heavy (non-hydrogen) atoms. The van der Waals surface area contributed by atoms with Crippen LogP contribution >= 0.6 is 0 Å². The summed E-state index contributed by atoms with van der Waals surface area (Å²) in [6.45, 7) is 1.47. The van der Waals surface area contributed by atoms with Gasteiger partial charge in [-0.1, -0.05) is 12.1 Å². The Morgan fingerprint density at radius 2 is 1.96 bits per heavy atom. The number of phenols is 1. The summed E-state index contributed by atoms with van der Waals surface area (Å²) >= 11 is 0. The van der Waals surface area contributed by atoms with E-state index in [1.165, 1.54) is 11.9 Å². The Bertz CT molecular complexity index is 832. The number of phenolic OH excluding ortho intramolecular Hbond substituents is 1. The third-order valence-corrected chi connectivity index (χ3v) is 4.25. The lowest BCUT2D eigenvalue weighted by atomic mass is 9.97. The predicted molar refractivity (Wildman–Crippen MR) is 94.1 cm³/mol. The van der Waals surface area contributed by atoms with E-state index < -0.39 is 0 Å². The number of rotatable bonds is 4. The van der Waals surface area contributed by atoms with Gasteiger partial charge in [0.2, 0.25) is 5.91 Å². The fraction of sp³-hybridized carbons (Fsp3) is 0.263. The molecule has 1 heterocycles. The Morgan fingerprint density at radius 3 is 2.60 bits per heavy atom. The number of methoxy groups -OCH3 is 2. The topological polar surface area (TPSA) is 71.4 Å². The lowest BCUT2D eigenvalue weighted by molar-refractivity contribution is -0.130. The van der Waals surface area contributed by atoms with Crippen LogP contribution in [0.25, 0.3) is 0 Å². The Labute approximate surface area is 146 Å². The van der Waals surface area contributed by atoms with Crippen molar-refractivity contribution in [2.45, 2.75) is 19.4 Å². The molecule has 6 heteroatoms. The van der Waals surface area contributed by atoms with Crippen LogP contribution in [0.4, 0.5) is 0 Å². The first-order valence-electron chi connectivity index (χ1n) is 7.92. The van der Waals surface area contributed by atoms with Gasteiger partial charge in [-0.2, -0.15) is 5.10 Å². The second kappa shape index (κ2) is 6.84. The third-order valence-electron chi connectivity index (χ3n) is 4.25. The van der Waals surface area contributed by atoms with Gasteiger partial charge in [0.25, 0.3) is 0 Å². The number of para-hydroxylation sites is 1. The van der Waals surface area contributed by atoms with E-state index in [2.05, 4.69) is 5.10 Å². The number of ether oxygens (including phenoxy) is 2. The molecule has 3 rings (SSSR count). The minimum Gasteiger partial charge on any atom is -0.507 e. The molecule has 0 aromatic heterocycles. The molecule has 0 radical (unpaired) electrons. The van der Waals surface area contributed by atoms with E-state index in [4.69, 9.17) is 9.47 Å². The summed E-state index contributed by atoms with van der Waals surface area (Å²) in [4.78, 5) is 12.1. The number of benzene rings is 2. The molecule has 6 nitrogen and oxygen atoms in total. The standard InChI is InChI=1S/C19H20N2O4/c1-12(22)21-17(15-9-8-13(24-2)10-19(15)25-3)11-16(20-21)14-6-4-5-7-18(14)23/h4-10,17,23H,11H2,1-3H3. The van der Waals surface area contributed by atoms with Gasteiger partial charge < -0.3 is 14.6 Å². The van der Waals surface area contributed by atoms with Gasteiger partial charge in [-0.3, -0.25) is 4.79 Å². The van der Waals surface area contributed by atoms with Gasteiger partial charge in [0.1, 0.15) is 17.2 Å². The lowest BCUT2D eigenvalue weighted by Gasteiger charge is -2.22. The molecule has 0 bridgehead atoms. The zero-order chi connectivity index (χ0) is 18.0. The largest absolute Gasteiger partial charge is 0.507 e. The molecule has 0 saturated heterocycles. The molecule has 1 aliphatic rings. The molecule has 0 spiro atoms. The summed E-state index contributed by atoms with van der Waals surface area (Å²) in [7, 11) is 3.17. The van der Waals surface area contributed by atoms with Gasteiger partial charge >= 0.3 is 0 Å². The molecule has 0 aliphatic carbocycles. The second-order valence-corrected chi connectivity index (χ2v) is 5.76. The first-order valence-corrected chi connectivity index (χ1v) is 7.92.